The van der Waals surface area contributed by atoms with Crippen molar-refractivity contribution in [2.24, 2.45) is 7.05 Å². The first-order chi connectivity index (χ1) is 18.2. The third kappa shape index (κ3) is 4.63. The van der Waals surface area contributed by atoms with E-state index in [1.165, 1.54) is 24.6 Å². The van der Waals surface area contributed by atoms with Crippen molar-refractivity contribution in [2.45, 2.75) is 57.7 Å². The van der Waals surface area contributed by atoms with Gasteiger partial charge in [-0.2, -0.15) is 5.10 Å². The Bertz CT molecular complexity index is 1460. The molecule has 38 heavy (non-hydrogen) atoms. The second-order valence-corrected chi connectivity index (χ2v) is 11.6. The number of pyridine rings is 2. The second kappa shape index (κ2) is 9.36. The van der Waals surface area contributed by atoms with Gasteiger partial charge in [-0.1, -0.05) is 26.8 Å². The molecule has 2 aliphatic rings. The third-order valence-corrected chi connectivity index (χ3v) is 7.81. The number of rotatable bonds is 5. The Morgan fingerprint density at radius 1 is 1.00 bits per heavy atom. The molecule has 1 N–H and O–H groups in total. The van der Waals surface area contributed by atoms with Crippen molar-refractivity contribution in [3.05, 3.63) is 53.9 Å². The molecule has 2 fully saturated rings. The van der Waals surface area contributed by atoms with Gasteiger partial charge in [0.1, 0.15) is 11.5 Å². The van der Waals surface area contributed by atoms with E-state index in [-0.39, 0.29) is 17.1 Å². The van der Waals surface area contributed by atoms with Gasteiger partial charge in [-0.25, -0.2) is 24.3 Å². The third-order valence-electron chi connectivity index (χ3n) is 7.81. The Kier molecular flexibility index (Phi) is 6.11. The lowest BCUT2D eigenvalue weighted by Gasteiger charge is -2.38. The number of aryl methyl sites for hydroxylation is 1. The first kappa shape index (κ1) is 24.8. The Morgan fingerprint density at radius 2 is 1.76 bits per heavy atom. The van der Waals surface area contributed by atoms with E-state index < -0.39 is 5.82 Å². The summed E-state index contributed by atoms with van der Waals surface area (Å²) in [5.74, 6) is 0.377. The highest BCUT2D eigenvalue weighted by atomic mass is 19.1. The van der Waals surface area contributed by atoms with E-state index in [1.54, 1.807) is 6.20 Å². The van der Waals surface area contributed by atoms with Crippen molar-refractivity contribution in [1.29, 1.82) is 0 Å². The molecular formula is C28H34FN9. The molecule has 6 heterocycles. The van der Waals surface area contributed by atoms with Crippen molar-refractivity contribution >= 4 is 22.8 Å². The van der Waals surface area contributed by atoms with Gasteiger partial charge in [0, 0.05) is 67.5 Å². The highest BCUT2D eigenvalue weighted by Gasteiger charge is 2.37. The summed E-state index contributed by atoms with van der Waals surface area (Å²) in [6, 6.07) is 7.24. The highest BCUT2D eigenvalue weighted by Crippen LogP contribution is 2.32. The fourth-order valence-corrected chi connectivity index (χ4v) is 6.02. The maximum atomic E-state index is 14.9. The van der Waals surface area contributed by atoms with E-state index in [4.69, 9.17) is 0 Å². The average molecular weight is 516 g/mol. The molecule has 6 rings (SSSR count). The van der Waals surface area contributed by atoms with Crippen LogP contribution in [0.2, 0.25) is 0 Å². The molecule has 0 amide bonds. The van der Waals surface area contributed by atoms with Crippen LogP contribution in [0, 0.1) is 5.82 Å². The number of aromatic nitrogens is 6. The highest BCUT2D eigenvalue weighted by molar-refractivity contribution is 5.83. The van der Waals surface area contributed by atoms with Gasteiger partial charge in [0.15, 0.2) is 11.5 Å². The van der Waals surface area contributed by atoms with E-state index >= 15 is 0 Å². The molecule has 0 aliphatic carbocycles. The van der Waals surface area contributed by atoms with Crippen LogP contribution in [0.1, 0.15) is 44.9 Å². The summed E-state index contributed by atoms with van der Waals surface area (Å²) >= 11 is 0. The van der Waals surface area contributed by atoms with Crippen molar-refractivity contribution in [1.82, 2.24) is 39.5 Å². The summed E-state index contributed by atoms with van der Waals surface area (Å²) in [5.41, 5.74) is 3.43. The molecular weight excluding hydrogens is 481 g/mol. The zero-order valence-corrected chi connectivity index (χ0v) is 22.6. The molecule has 0 spiro atoms. The van der Waals surface area contributed by atoms with E-state index in [1.807, 2.05) is 30.1 Å². The number of piperazine rings is 1. The minimum absolute atomic E-state index is 0.150. The summed E-state index contributed by atoms with van der Waals surface area (Å²) in [6.45, 7) is 9.47. The van der Waals surface area contributed by atoms with E-state index in [2.05, 4.69) is 74.0 Å². The summed E-state index contributed by atoms with van der Waals surface area (Å²) in [5, 5.41) is 8.53. The summed E-state index contributed by atoms with van der Waals surface area (Å²) < 4.78 is 16.7. The van der Waals surface area contributed by atoms with Crippen LogP contribution in [0.15, 0.2) is 36.8 Å². The lowest BCUT2D eigenvalue weighted by atomic mass is 9.89. The second-order valence-electron chi connectivity index (χ2n) is 11.6. The van der Waals surface area contributed by atoms with Gasteiger partial charge in [0.25, 0.3) is 0 Å². The Labute approximate surface area is 222 Å². The fraction of sp³-hybridized carbons (Fsp3) is 0.464. The first-order valence-corrected chi connectivity index (χ1v) is 13.2. The quantitative estimate of drug-likeness (QED) is 0.422. The molecule has 2 bridgehead atoms. The minimum Gasteiger partial charge on any atom is -0.309 e. The van der Waals surface area contributed by atoms with Gasteiger partial charge in [-0.15, -0.1) is 0 Å². The van der Waals surface area contributed by atoms with Crippen molar-refractivity contribution in [2.75, 3.05) is 25.5 Å². The first-order valence-electron chi connectivity index (χ1n) is 13.2. The fourth-order valence-electron chi connectivity index (χ4n) is 6.02. The molecule has 0 saturated carbocycles. The predicted molar refractivity (Wildman–Crippen MR) is 146 cm³/mol. The molecule has 4 aromatic rings. The Hall–Kier alpha value is -3.50. The number of halogens is 1. The molecule has 2 aliphatic heterocycles. The molecule has 198 valence electrons. The zero-order chi connectivity index (χ0) is 26.6. The van der Waals surface area contributed by atoms with Gasteiger partial charge in [-0.3, -0.25) is 14.5 Å². The van der Waals surface area contributed by atoms with Gasteiger partial charge in [0.05, 0.1) is 11.9 Å². The molecule has 10 heteroatoms. The lowest BCUT2D eigenvalue weighted by molar-refractivity contribution is 0.0837. The van der Waals surface area contributed by atoms with Crippen LogP contribution in [0.4, 0.5) is 16.2 Å². The van der Waals surface area contributed by atoms with Crippen molar-refractivity contribution in [3.63, 3.8) is 0 Å². The number of fused-ring (bicyclic) bond motifs is 3. The average Bonchev–Trinajstić information content (AvgIpc) is 3.30. The maximum absolute atomic E-state index is 14.9. The van der Waals surface area contributed by atoms with E-state index in [0.717, 1.165) is 30.7 Å². The van der Waals surface area contributed by atoms with Gasteiger partial charge < -0.3 is 5.32 Å². The molecule has 4 aromatic heterocycles. The van der Waals surface area contributed by atoms with E-state index in [9.17, 15) is 4.39 Å². The maximum Gasteiger partial charge on any atom is 0.229 e. The molecule has 2 atom stereocenters. The van der Waals surface area contributed by atoms with Crippen LogP contribution in [-0.2, 0) is 19.0 Å². The summed E-state index contributed by atoms with van der Waals surface area (Å²) in [7, 11) is 4.16. The molecule has 1 unspecified atom stereocenters. The van der Waals surface area contributed by atoms with Crippen LogP contribution in [0.3, 0.4) is 0 Å². The minimum atomic E-state index is -0.512. The molecule has 0 radical (unpaired) electrons. The summed E-state index contributed by atoms with van der Waals surface area (Å²) in [6.07, 6.45) is 7.26. The number of anilines is 2. The Morgan fingerprint density at radius 3 is 2.45 bits per heavy atom. The van der Waals surface area contributed by atoms with Gasteiger partial charge in [0.2, 0.25) is 5.95 Å². The normalized spacial score (nSPS) is 20.4. The van der Waals surface area contributed by atoms with Crippen LogP contribution in [0.25, 0.3) is 22.3 Å². The van der Waals surface area contributed by atoms with E-state index in [0.29, 0.717) is 29.1 Å². The smallest absolute Gasteiger partial charge is 0.229 e. The summed E-state index contributed by atoms with van der Waals surface area (Å²) in [4.78, 5) is 22.7. The number of hydrogen-bond donors (Lipinski definition) is 1. The van der Waals surface area contributed by atoms with Gasteiger partial charge in [-0.05, 0) is 37.6 Å². The zero-order valence-electron chi connectivity index (χ0n) is 22.6. The topological polar surface area (TPSA) is 87.9 Å². The SMILES string of the molecule is CN1C2CC[C@H]1CN(Cc1ccc(Nc3ncc(F)c(-c4cnc5nn(C)c(C(C)(C)C)c5c4)n3)nc1)C2. The largest absolute Gasteiger partial charge is 0.309 e. The van der Waals surface area contributed by atoms with Crippen LogP contribution < -0.4 is 5.32 Å². The number of hydrogen-bond acceptors (Lipinski definition) is 8. The standard InChI is InChI=1S/C28H34FN9/c1-28(2,3)25-21-10-18(12-31-26(21)35-37(25)5)24-22(29)13-32-27(34-24)33-23-9-6-17(11-30-23)14-38-15-19-7-8-20(16-38)36(19)4/h6,9-13,19-20H,7-8,14-16H2,1-5H3,(H,30,32,33,34)/t19-,20?/m0/s1. The van der Waals surface area contributed by atoms with Crippen LogP contribution in [-0.4, -0.2) is 71.7 Å². The lowest BCUT2D eigenvalue weighted by Crippen LogP contribution is -2.51. The molecule has 2 saturated heterocycles. The Balaban J connectivity index is 1.20. The number of likely N-dealkylation sites (tertiary alicyclic amines) is 1. The van der Waals surface area contributed by atoms with Crippen molar-refractivity contribution in [3.8, 4) is 11.3 Å². The predicted octanol–water partition coefficient (Wildman–Crippen LogP) is 4.28. The van der Waals surface area contributed by atoms with Gasteiger partial charge >= 0.3 is 0 Å². The number of nitrogens with one attached hydrogen (secondary N) is 1. The monoisotopic (exact) mass is 515 g/mol. The number of nitrogens with zero attached hydrogens (tertiary/aromatic N) is 8. The van der Waals surface area contributed by atoms with Crippen LogP contribution >= 0.6 is 0 Å². The van der Waals surface area contributed by atoms with Crippen LogP contribution in [0.5, 0.6) is 0 Å². The van der Waals surface area contributed by atoms with Crippen molar-refractivity contribution < 1.29 is 4.39 Å². The molecule has 0 aromatic carbocycles. The molecule has 9 nitrogen and oxygen atoms in total. The number of likely N-dealkylation sites (N-methyl/N-ethyl adjacent to an activating group) is 1.